The molecule has 4 rings (SSSR count). The van der Waals surface area contributed by atoms with Crippen molar-refractivity contribution < 1.29 is 9.59 Å². The summed E-state index contributed by atoms with van der Waals surface area (Å²) in [6, 6.07) is 15.2. The number of hydrogen-bond donors (Lipinski definition) is 2. The Balaban J connectivity index is 1.36. The van der Waals surface area contributed by atoms with Crippen LogP contribution in [-0.2, 0) is 9.59 Å². The zero-order chi connectivity index (χ0) is 18.1. The highest BCUT2D eigenvalue weighted by atomic mass is 32.1. The molecule has 0 bridgehead atoms. The van der Waals surface area contributed by atoms with Gasteiger partial charge in [0.15, 0.2) is 5.13 Å². The highest BCUT2D eigenvalue weighted by Crippen LogP contribution is 2.33. The number of carbonyl (C=O) groups excluding carboxylic acids is 2. The summed E-state index contributed by atoms with van der Waals surface area (Å²) in [5, 5.41) is 6.59. The molecule has 0 unspecified atom stereocenters. The number of para-hydroxylation sites is 1. The molecule has 0 radical (unpaired) electrons. The van der Waals surface area contributed by atoms with Crippen molar-refractivity contribution in [2.24, 2.45) is 5.92 Å². The van der Waals surface area contributed by atoms with E-state index in [1.165, 1.54) is 6.92 Å². The quantitative estimate of drug-likeness (QED) is 0.743. The first-order valence-electron chi connectivity index (χ1n) is 8.37. The minimum absolute atomic E-state index is 0.0117. The average Bonchev–Trinajstić information content (AvgIpc) is 2.96. The van der Waals surface area contributed by atoms with Crippen LogP contribution in [0.5, 0.6) is 0 Å². The van der Waals surface area contributed by atoms with Crippen molar-refractivity contribution in [1.29, 1.82) is 0 Å². The Labute approximate surface area is 154 Å². The van der Waals surface area contributed by atoms with Crippen LogP contribution < -0.4 is 15.5 Å². The summed E-state index contributed by atoms with van der Waals surface area (Å²) in [5.41, 5.74) is 2.34. The van der Waals surface area contributed by atoms with Crippen molar-refractivity contribution in [1.82, 2.24) is 4.98 Å². The number of carbonyl (C=O) groups is 2. The Bertz CT molecular complexity index is 945. The van der Waals surface area contributed by atoms with Gasteiger partial charge in [-0.25, -0.2) is 4.98 Å². The van der Waals surface area contributed by atoms with E-state index in [4.69, 9.17) is 0 Å². The van der Waals surface area contributed by atoms with Gasteiger partial charge in [0.25, 0.3) is 0 Å². The second kappa shape index (κ2) is 6.76. The molecule has 132 valence electrons. The summed E-state index contributed by atoms with van der Waals surface area (Å²) < 4.78 is 1.16. The number of thiazole rings is 1. The van der Waals surface area contributed by atoms with Crippen LogP contribution in [0, 0.1) is 5.92 Å². The van der Waals surface area contributed by atoms with Crippen LogP contribution in [0.1, 0.15) is 6.92 Å². The smallest absolute Gasteiger partial charge is 0.231 e. The fourth-order valence-electron chi connectivity index (χ4n) is 2.92. The zero-order valence-electron chi connectivity index (χ0n) is 14.2. The molecule has 26 heavy (non-hydrogen) atoms. The summed E-state index contributed by atoms with van der Waals surface area (Å²) in [6.45, 7) is 2.78. The van der Waals surface area contributed by atoms with Gasteiger partial charge in [0.2, 0.25) is 11.8 Å². The van der Waals surface area contributed by atoms with Crippen LogP contribution in [-0.4, -0.2) is 29.9 Å². The molecule has 2 heterocycles. The van der Waals surface area contributed by atoms with Gasteiger partial charge in [-0.1, -0.05) is 29.5 Å². The van der Waals surface area contributed by atoms with E-state index in [1.807, 2.05) is 24.3 Å². The zero-order valence-corrected chi connectivity index (χ0v) is 15.0. The standard InChI is InChI=1S/C19H18N4O2S/c1-12(24)20-14-5-4-6-15(9-14)21-18(25)13-10-23(11-13)19-22-16-7-2-3-8-17(16)26-19/h2-9,13H,10-11H2,1H3,(H,20,24)(H,21,25). The first-order valence-corrected chi connectivity index (χ1v) is 9.19. The van der Waals surface area contributed by atoms with E-state index in [0.717, 1.165) is 15.3 Å². The molecule has 7 heteroatoms. The first-order chi connectivity index (χ1) is 12.6. The lowest BCUT2D eigenvalue weighted by Crippen LogP contribution is -2.52. The van der Waals surface area contributed by atoms with E-state index in [-0.39, 0.29) is 17.7 Å². The molecule has 2 aromatic carbocycles. The van der Waals surface area contributed by atoms with Crippen LogP contribution in [0.25, 0.3) is 10.2 Å². The van der Waals surface area contributed by atoms with E-state index in [2.05, 4.69) is 26.6 Å². The molecule has 3 aromatic rings. The van der Waals surface area contributed by atoms with Crippen LogP contribution in [0.4, 0.5) is 16.5 Å². The van der Waals surface area contributed by atoms with Gasteiger partial charge in [0.1, 0.15) is 0 Å². The maximum Gasteiger partial charge on any atom is 0.231 e. The Hall–Kier alpha value is -2.93. The Kier molecular flexibility index (Phi) is 4.30. The third-order valence-corrected chi connectivity index (χ3v) is 5.35. The molecule has 0 aliphatic carbocycles. The largest absolute Gasteiger partial charge is 0.346 e. The van der Waals surface area contributed by atoms with Crippen molar-refractivity contribution in [2.45, 2.75) is 6.92 Å². The molecular formula is C19H18N4O2S. The maximum absolute atomic E-state index is 12.4. The number of benzene rings is 2. The van der Waals surface area contributed by atoms with Crippen LogP contribution >= 0.6 is 11.3 Å². The van der Waals surface area contributed by atoms with Gasteiger partial charge in [0.05, 0.1) is 16.1 Å². The second-order valence-corrected chi connectivity index (χ2v) is 7.33. The molecule has 2 amide bonds. The normalized spacial score (nSPS) is 14.1. The van der Waals surface area contributed by atoms with Crippen LogP contribution in [0.2, 0.25) is 0 Å². The first kappa shape index (κ1) is 16.5. The third kappa shape index (κ3) is 3.39. The maximum atomic E-state index is 12.4. The third-order valence-electron chi connectivity index (χ3n) is 4.26. The molecule has 1 aliphatic heterocycles. The lowest BCUT2D eigenvalue weighted by atomic mass is 10.00. The minimum Gasteiger partial charge on any atom is -0.346 e. The summed E-state index contributed by atoms with van der Waals surface area (Å²) in [7, 11) is 0. The molecule has 0 spiro atoms. The van der Waals surface area contributed by atoms with E-state index >= 15 is 0 Å². The minimum atomic E-state index is -0.140. The molecule has 0 saturated carbocycles. The van der Waals surface area contributed by atoms with Gasteiger partial charge in [-0.05, 0) is 30.3 Å². The number of hydrogen-bond acceptors (Lipinski definition) is 5. The van der Waals surface area contributed by atoms with Crippen LogP contribution in [0.15, 0.2) is 48.5 Å². The summed E-state index contributed by atoms with van der Waals surface area (Å²) >= 11 is 1.65. The molecule has 1 aromatic heterocycles. The van der Waals surface area contributed by atoms with Crippen molar-refractivity contribution >= 4 is 49.9 Å². The number of nitrogens with zero attached hydrogens (tertiary/aromatic N) is 2. The highest BCUT2D eigenvalue weighted by molar-refractivity contribution is 7.22. The lowest BCUT2D eigenvalue weighted by molar-refractivity contribution is -0.120. The van der Waals surface area contributed by atoms with Crippen molar-refractivity contribution in [2.75, 3.05) is 28.6 Å². The SMILES string of the molecule is CC(=O)Nc1cccc(NC(=O)C2CN(c3nc4ccccc4s3)C2)c1. The van der Waals surface area contributed by atoms with E-state index in [9.17, 15) is 9.59 Å². The van der Waals surface area contributed by atoms with E-state index in [1.54, 1.807) is 29.5 Å². The summed E-state index contributed by atoms with van der Waals surface area (Å²) in [6.07, 6.45) is 0. The molecule has 1 fully saturated rings. The Morgan fingerprint density at radius 3 is 2.54 bits per heavy atom. The van der Waals surface area contributed by atoms with Gasteiger partial charge < -0.3 is 15.5 Å². The predicted octanol–water partition coefficient (Wildman–Crippen LogP) is 3.33. The number of rotatable bonds is 4. The number of fused-ring (bicyclic) bond motifs is 1. The molecule has 0 atom stereocenters. The monoisotopic (exact) mass is 366 g/mol. The lowest BCUT2D eigenvalue weighted by Gasteiger charge is -2.37. The molecular weight excluding hydrogens is 348 g/mol. The molecule has 6 nitrogen and oxygen atoms in total. The molecule has 2 N–H and O–H groups in total. The van der Waals surface area contributed by atoms with Gasteiger partial charge in [-0.2, -0.15) is 0 Å². The average molecular weight is 366 g/mol. The van der Waals surface area contributed by atoms with Gasteiger partial charge in [-0.3, -0.25) is 9.59 Å². The number of aromatic nitrogens is 1. The number of anilines is 3. The summed E-state index contributed by atoms with van der Waals surface area (Å²) in [4.78, 5) is 30.3. The van der Waals surface area contributed by atoms with Crippen LogP contribution in [0.3, 0.4) is 0 Å². The van der Waals surface area contributed by atoms with Crippen molar-refractivity contribution in [3.05, 3.63) is 48.5 Å². The fourth-order valence-corrected chi connectivity index (χ4v) is 3.90. The van der Waals surface area contributed by atoms with Gasteiger partial charge in [-0.15, -0.1) is 0 Å². The number of amides is 2. The Morgan fingerprint density at radius 2 is 1.81 bits per heavy atom. The molecule has 1 aliphatic rings. The highest BCUT2D eigenvalue weighted by Gasteiger charge is 2.34. The predicted molar refractivity (Wildman–Crippen MR) is 105 cm³/mol. The van der Waals surface area contributed by atoms with Gasteiger partial charge >= 0.3 is 0 Å². The van der Waals surface area contributed by atoms with Crippen molar-refractivity contribution in [3.63, 3.8) is 0 Å². The van der Waals surface area contributed by atoms with Gasteiger partial charge in [0, 0.05) is 31.4 Å². The van der Waals surface area contributed by atoms with E-state index in [0.29, 0.717) is 24.5 Å². The van der Waals surface area contributed by atoms with Crippen molar-refractivity contribution in [3.8, 4) is 0 Å². The molecule has 1 saturated heterocycles. The summed E-state index contributed by atoms with van der Waals surface area (Å²) in [5.74, 6) is -0.215. The van der Waals surface area contributed by atoms with E-state index < -0.39 is 0 Å². The second-order valence-electron chi connectivity index (χ2n) is 6.32. The topological polar surface area (TPSA) is 74.3 Å². The number of nitrogens with one attached hydrogen (secondary N) is 2. The fraction of sp³-hybridized carbons (Fsp3) is 0.211. The Morgan fingerprint density at radius 1 is 1.08 bits per heavy atom.